The quantitative estimate of drug-likeness (QED) is 0.848. The number of carbonyl (C=O) groups excluding carboxylic acids is 1. The van der Waals surface area contributed by atoms with Crippen LogP contribution in [0, 0.1) is 0 Å². The van der Waals surface area contributed by atoms with Crippen molar-refractivity contribution >= 4 is 5.91 Å². The number of nitrogens with zero attached hydrogens (tertiary/aromatic N) is 1. The Labute approximate surface area is 119 Å². The summed E-state index contributed by atoms with van der Waals surface area (Å²) < 4.78 is 16.2. The van der Waals surface area contributed by atoms with Gasteiger partial charge in [0.2, 0.25) is 0 Å². The Morgan fingerprint density at radius 3 is 2.40 bits per heavy atom. The topological polar surface area (TPSA) is 48.0 Å². The molecule has 2 atom stereocenters. The maximum atomic E-state index is 12.7. The Kier molecular flexibility index (Phi) is 4.49. The molecular formula is C15H21NO4. The van der Waals surface area contributed by atoms with E-state index in [0.717, 1.165) is 0 Å². The highest BCUT2D eigenvalue weighted by Gasteiger charge is 2.28. The van der Waals surface area contributed by atoms with Crippen molar-refractivity contribution in [3.8, 4) is 11.5 Å². The highest BCUT2D eigenvalue weighted by atomic mass is 16.5. The first-order chi connectivity index (χ1) is 9.56. The number of hydrogen-bond acceptors (Lipinski definition) is 4. The molecule has 0 spiro atoms. The van der Waals surface area contributed by atoms with Crippen molar-refractivity contribution < 1.29 is 19.0 Å². The van der Waals surface area contributed by atoms with Gasteiger partial charge in [0.15, 0.2) is 11.5 Å². The molecule has 1 saturated heterocycles. The third kappa shape index (κ3) is 2.88. The molecule has 0 N–H and O–H groups in total. The van der Waals surface area contributed by atoms with Crippen LogP contribution >= 0.6 is 0 Å². The van der Waals surface area contributed by atoms with Gasteiger partial charge in [0.25, 0.3) is 5.91 Å². The zero-order valence-corrected chi connectivity index (χ0v) is 12.4. The van der Waals surface area contributed by atoms with Gasteiger partial charge in [-0.25, -0.2) is 0 Å². The van der Waals surface area contributed by atoms with Gasteiger partial charge in [-0.2, -0.15) is 0 Å². The lowest BCUT2D eigenvalue weighted by Crippen LogP contribution is -2.48. The molecule has 2 rings (SSSR count). The summed E-state index contributed by atoms with van der Waals surface area (Å²) in [6, 6.07) is 5.33. The van der Waals surface area contributed by atoms with Crippen LogP contribution in [-0.4, -0.2) is 50.3 Å². The lowest BCUT2D eigenvalue weighted by atomic mass is 10.1. The minimum atomic E-state index is -0.0530. The summed E-state index contributed by atoms with van der Waals surface area (Å²) in [6.45, 7) is 5.12. The van der Waals surface area contributed by atoms with Crippen molar-refractivity contribution in [1.82, 2.24) is 4.90 Å². The molecule has 1 fully saturated rings. The Morgan fingerprint density at radius 2 is 1.85 bits per heavy atom. The summed E-state index contributed by atoms with van der Waals surface area (Å²) in [5.41, 5.74) is 0.521. The summed E-state index contributed by atoms with van der Waals surface area (Å²) in [7, 11) is 3.10. The maximum absolute atomic E-state index is 12.7. The second kappa shape index (κ2) is 6.13. The third-order valence-corrected chi connectivity index (χ3v) is 3.34. The summed E-state index contributed by atoms with van der Waals surface area (Å²) in [5, 5.41) is 0. The van der Waals surface area contributed by atoms with Crippen LogP contribution in [0.25, 0.3) is 0 Å². The SMILES string of the molecule is COc1cccc(C(=O)N2C[C@@H](C)O[C@@H](C)C2)c1OC. The van der Waals surface area contributed by atoms with Gasteiger partial charge in [-0.15, -0.1) is 0 Å². The van der Waals surface area contributed by atoms with Gasteiger partial charge in [-0.1, -0.05) is 6.07 Å². The lowest BCUT2D eigenvalue weighted by Gasteiger charge is -2.35. The Bertz CT molecular complexity index is 479. The second-order valence-corrected chi connectivity index (χ2v) is 5.01. The van der Waals surface area contributed by atoms with Crippen molar-refractivity contribution in [2.75, 3.05) is 27.3 Å². The first kappa shape index (κ1) is 14.7. The Morgan fingerprint density at radius 1 is 1.20 bits per heavy atom. The first-order valence-corrected chi connectivity index (χ1v) is 6.72. The van der Waals surface area contributed by atoms with Gasteiger partial charge in [-0.05, 0) is 26.0 Å². The van der Waals surface area contributed by atoms with E-state index in [-0.39, 0.29) is 18.1 Å². The number of para-hydroxylation sites is 1. The minimum Gasteiger partial charge on any atom is -0.493 e. The van der Waals surface area contributed by atoms with Gasteiger partial charge < -0.3 is 19.1 Å². The molecule has 0 saturated carbocycles. The van der Waals surface area contributed by atoms with E-state index in [0.29, 0.717) is 30.2 Å². The van der Waals surface area contributed by atoms with E-state index in [4.69, 9.17) is 14.2 Å². The second-order valence-electron chi connectivity index (χ2n) is 5.01. The van der Waals surface area contributed by atoms with Crippen molar-refractivity contribution in [2.45, 2.75) is 26.1 Å². The Hall–Kier alpha value is -1.75. The van der Waals surface area contributed by atoms with Crippen LogP contribution in [0.3, 0.4) is 0 Å². The number of benzene rings is 1. The molecular weight excluding hydrogens is 258 g/mol. The molecule has 0 radical (unpaired) electrons. The molecule has 5 heteroatoms. The monoisotopic (exact) mass is 279 g/mol. The molecule has 1 aliphatic rings. The van der Waals surface area contributed by atoms with Crippen molar-refractivity contribution in [2.24, 2.45) is 0 Å². The summed E-state index contributed by atoms with van der Waals surface area (Å²) in [5.74, 6) is 0.988. The van der Waals surface area contributed by atoms with E-state index in [1.165, 1.54) is 0 Å². The van der Waals surface area contributed by atoms with Gasteiger partial charge in [0, 0.05) is 13.1 Å². The van der Waals surface area contributed by atoms with Crippen LogP contribution in [0.4, 0.5) is 0 Å². The maximum Gasteiger partial charge on any atom is 0.257 e. The summed E-state index contributed by atoms with van der Waals surface area (Å²) >= 11 is 0. The predicted octanol–water partition coefficient (Wildman–Crippen LogP) is 1.95. The zero-order valence-electron chi connectivity index (χ0n) is 12.4. The van der Waals surface area contributed by atoms with E-state index in [2.05, 4.69) is 0 Å². The molecule has 0 aromatic heterocycles. The molecule has 5 nitrogen and oxygen atoms in total. The lowest BCUT2D eigenvalue weighted by molar-refractivity contribution is -0.0586. The summed E-state index contributed by atoms with van der Waals surface area (Å²) in [6.07, 6.45) is 0.0820. The fourth-order valence-electron chi connectivity index (χ4n) is 2.57. The van der Waals surface area contributed by atoms with E-state index < -0.39 is 0 Å². The first-order valence-electron chi connectivity index (χ1n) is 6.72. The van der Waals surface area contributed by atoms with Crippen LogP contribution in [0.1, 0.15) is 24.2 Å². The average Bonchev–Trinajstić information content (AvgIpc) is 2.44. The molecule has 1 aliphatic heterocycles. The largest absolute Gasteiger partial charge is 0.493 e. The molecule has 1 aromatic carbocycles. The van der Waals surface area contributed by atoms with Crippen LogP contribution in [0.2, 0.25) is 0 Å². The molecule has 0 unspecified atom stereocenters. The van der Waals surface area contributed by atoms with Crippen molar-refractivity contribution in [1.29, 1.82) is 0 Å². The van der Waals surface area contributed by atoms with Crippen LogP contribution in [0.15, 0.2) is 18.2 Å². The van der Waals surface area contributed by atoms with E-state index in [9.17, 15) is 4.79 Å². The number of carbonyl (C=O) groups is 1. The highest BCUT2D eigenvalue weighted by molar-refractivity contribution is 5.98. The molecule has 1 heterocycles. The highest BCUT2D eigenvalue weighted by Crippen LogP contribution is 2.32. The third-order valence-electron chi connectivity index (χ3n) is 3.34. The van der Waals surface area contributed by atoms with Crippen molar-refractivity contribution in [3.05, 3.63) is 23.8 Å². The van der Waals surface area contributed by atoms with Gasteiger partial charge >= 0.3 is 0 Å². The van der Waals surface area contributed by atoms with E-state index >= 15 is 0 Å². The molecule has 110 valence electrons. The molecule has 0 bridgehead atoms. The standard InChI is InChI=1S/C15H21NO4/c1-10-8-16(9-11(2)20-10)15(17)12-6-5-7-13(18-3)14(12)19-4/h5-7,10-11H,8-9H2,1-4H3/t10-,11+. The van der Waals surface area contributed by atoms with Gasteiger partial charge in [0.1, 0.15) is 0 Å². The number of rotatable bonds is 3. The number of morpholine rings is 1. The average molecular weight is 279 g/mol. The molecule has 0 aliphatic carbocycles. The number of methoxy groups -OCH3 is 2. The van der Waals surface area contributed by atoms with Crippen molar-refractivity contribution in [3.63, 3.8) is 0 Å². The minimum absolute atomic E-state index is 0.0410. The number of amides is 1. The van der Waals surface area contributed by atoms with E-state index in [1.807, 2.05) is 13.8 Å². The molecule has 1 aromatic rings. The Balaban J connectivity index is 2.29. The number of ether oxygens (including phenoxy) is 3. The molecule has 1 amide bonds. The van der Waals surface area contributed by atoms with Gasteiger partial charge in [0.05, 0.1) is 32.0 Å². The van der Waals surface area contributed by atoms with Gasteiger partial charge in [-0.3, -0.25) is 4.79 Å². The van der Waals surface area contributed by atoms with E-state index in [1.54, 1.807) is 37.3 Å². The fraction of sp³-hybridized carbons (Fsp3) is 0.533. The normalized spacial score (nSPS) is 22.5. The van der Waals surface area contributed by atoms with Crippen LogP contribution < -0.4 is 9.47 Å². The summed E-state index contributed by atoms with van der Waals surface area (Å²) in [4.78, 5) is 14.5. The van der Waals surface area contributed by atoms with Crippen LogP contribution in [0.5, 0.6) is 11.5 Å². The fourth-order valence-corrected chi connectivity index (χ4v) is 2.57. The molecule has 20 heavy (non-hydrogen) atoms. The smallest absolute Gasteiger partial charge is 0.257 e. The predicted molar refractivity (Wildman–Crippen MR) is 75.5 cm³/mol. The zero-order chi connectivity index (χ0) is 14.7. The number of hydrogen-bond donors (Lipinski definition) is 0. The van der Waals surface area contributed by atoms with Crippen LogP contribution in [-0.2, 0) is 4.74 Å².